The van der Waals surface area contributed by atoms with Gasteiger partial charge < -0.3 is 15.6 Å². The second-order valence-corrected chi connectivity index (χ2v) is 7.54. The molecule has 1 aliphatic carbocycles. The number of nitrogens with two attached hydrogens (primary N) is 1. The van der Waals surface area contributed by atoms with Crippen molar-refractivity contribution in [2.45, 2.75) is 58.7 Å². The molecule has 1 aliphatic rings. The second-order valence-electron chi connectivity index (χ2n) is 7.54. The van der Waals surface area contributed by atoms with E-state index in [1.165, 1.54) is 35.0 Å². The molecule has 0 saturated heterocycles. The molecule has 0 unspecified atom stereocenters. The van der Waals surface area contributed by atoms with E-state index in [2.05, 4.69) is 35.1 Å². The van der Waals surface area contributed by atoms with Crippen molar-refractivity contribution < 1.29 is 4.79 Å². The number of primary amides is 1. The fourth-order valence-electron chi connectivity index (χ4n) is 4.11. The fourth-order valence-corrected chi connectivity index (χ4v) is 4.11. The van der Waals surface area contributed by atoms with Crippen LogP contribution in [0, 0.1) is 6.92 Å². The molecule has 28 heavy (non-hydrogen) atoms. The van der Waals surface area contributed by atoms with E-state index in [0.717, 1.165) is 36.4 Å². The third-order valence-electron chi connectivity index (χ3n) is 5.50. The van der Waals surface area contributed by atoms with Gasteiger partial charge in [-0.25, -0.2) is 9.97 Å². The Morgan fingerprint density at radius 2 is 2.00 bits per heavy atom. The van der Waals surface area contributed by atoms with E-state index in [0.29, 0.717) is 19.5 Å². The molecule has 0 spiro atoms. The monoisotopic (exact) mass is 377 g/mol. The maximum atomic E-state index is 11.2. The van der Waals surface area contributed by atoms with E-state index in [9.17, 15) is 4.79 Å². The van der Waals surface area contributed by atoms with Gasteiger partial charge in [-0.05, 0) is 49.8 Å². The molecule has 1 amide bonds. The van der Waals surface area contributed by atoms with Crippen molar-refractivity contribution >= 4 is 16.8 Å². The first kappa shape index (κ1) is 18.6. The summed E-state index contributed by atoms with van der Waals surface area (Å²) in [6, 6.07) is 8.26. The van der Waals surface area contributed by atoms with Crippen LogP contribution in [0.2, 0.25) is 0 Å². The number of carbonyl (C=O) groups is 1. The summed E-state index contributed by atoms with van der Waals surface area (Å²) in [5, 5.41) is 4.69. The third kappa shape index (κ3) is 3.92. The molecule has 3 N–H and O–H groups in total. The molecule has 1 aromatic carbocycles. The Labute approximate surface area is 165 Å². The summed E-state index contributed by atoms with van der Waals surface area (Å²) < 4.78 is 2.11. The quantitative estimate of drug-likeness (QED) is 0.663. The SMILES string of the molecule is Cc1nc(CNCc2cn(CCC(N)=O)c3ccccc23)nc2c1CCCC2. The summed E-state index contributed by atoms with van der Waals surface area (Å²) in [6.45, 7) is 4.07. The highest BCUT2D eigenvalue weighted by Gasteiger charge is 2.15. The second kappa shape index (κ2) is 8.10. The number of fused-ring (bicyclic) bond motifs is 2. The molecule has 6 heteroatoms. The van der Waals surface area contributed by atoms with Gasteiger partial charge in [-0.3, -0.25) is 4.79 Å². The Balaban J connectivity index is 1.47. The lowest BCUT2D eigenvalue weighted by molar-refractivity contribution is -0.118. The molecule has 0 fully saturated rings. The Morgan fingerprint density at radius 1 is 1.18 bits per heavy atom. The smallest absolute Gasteiger partial charge is 0.219 e. The fraction of sp³-hybridized carbons (Fsp3) is 0.409. The zero-order chi connectivity index (χ0) is 19.5. The van der Waals surface area contributed by atoms with Crippen LogP contribution < -0.4 is 11.1 Å². The number of rotatable bonds is 7. The predicted molar refractivity (Wildman–Crippen MR) is 110 cm³/mol. The van der Waals surface area contributed by atoms with Crippen molar-refractivity contribution in [3.8, 4) is 0 Å². The minimum atomic E-state index is -0.280. The number of carbonyl (C=O) groups excluding carboxylic acids is 1. The molecule has 2 heterocycles. The van der Waals surface area contributed by atoms with Crippen LogP contribution in [0.25, 0.3) is 10.9 Å². The van der Waals surface area contributed by atoms with Crippen LogP contribution in [0.1, 0.15) is 47.6 Å². The van der Waals surface area contributed by atoms with Crippen LogP contribution in [0.15, 0.2) is 30.5 Å². The van der Waals surface area contributed by atoms with E-state index < -0.39 is 0 Å². The van der Waals surface area contributed by atoms with Crippen molar-refractivity contribution in [3.05, 3.63) is 58.8 Å². The van der Waals surface area contributed by atoms with E-state index in [1.807, 2.05) is 12.1 Å². The normalized spacial score (nSPS) is 13.6. The maximum Gasteiger partial charge on any atom is 0.219 e. The van der Waals surface area contributed by atoms with Gasteiger partial charge in [0.2, 0.25) is 5.91 Å². The average Bonchev–Trinajstić information content (AvgIpc) is 3.04. The zero-order valence-corrected chi connectivity index (χ0v) is 16.4. The Hall–Kier alpha value is -2.73. The molecule has 0 radical (unpaired) electrons. The molecule has 146 valence electrons. The lowest BCUT2D eigenvalue weighted by Gasteiger charge is -2.17. The molecule has 2 aromatic heterocycles. The van der Waals surface area contributed by atoms with Crippen molar-refractivity contribution in [1.29, 1.82) is 0 Å². The summed E-state index contributed by atoms with van der Waals surface area (Å²) >= 11 is 0. The molecule has 0 bridgehead atoms. The van der Waals surface area contributed by atoms with Crippen molar-refractivity contribution in [2.24, 2.45) is 5.73 Å². The highest BCUT2D eigenvalue weighted by atomic mass is 16.1. The minimum Gasteiger partial charge on any atom is -0.370 e. The first-order valence-electron chi connectivity index (χ1n) is 10.0. The Kier molecular flexibility index (Phi) is 5.39. The Morgan fingerprint density at radius 3 is 2.86 bits per heavy atom. The largest absolute Gasteiger partial charge is 0.370 e. The predicted octanol–water partition coefficient (Wildman–Crippen LogP) is 2.78. The standard InChI is InChI=1S/C22H27N5O/c1-15-17-6-2-4-8-19(17)26-22(25-15)13-24-12-16-14-27(11-10-21(23)28)20-9-5-3-7-18(16)20/h3,5,7,9,14,24H,2,4,6,8,10-13H2,1H3,(H2,23,28). The summed E-state index contributed by atoms with van der Waals surface area (Å²) in [5.41, 5.74) is 11.4. The lowest BCUT2D eigenvalue weighted by atomic mass is 9.95. The van der Waals surface area contributed by atoms with Gasteiger partial charge >= 0.3 is 0 Å². The van der Waals surface area contributed by atoms with Gasteiger partial charge in [0.25, 0.3) is 0 Å². The van der Waals surface area contributed by atoms with Gasteiger partial charge in [0, 0.05) is 48.0 Å². The average molecular weight is 377 g/mol. The highest BCUT2D eigenvalue weighted by Crippen LogP contribution is 2.23. The van der Waals surface area contributed by atoms with Crippen LogP contribution in [-0.2, 0) is 37.3 Å². The number of benzene rings is 1. The number of aryl methyl sites for hydroxylation is 3. The molecule has 3 aromatic rings. The van der Waals surface area contributed by atoms with Crippen molar-refractivity contribution in [1.82, 2.24) is 19.9 Å². The van der Waals surface area contributed by atoms with Gasteiger partial charge in [0.15, 0.2) is 0 Å². The number of aromatic nitrogens is 3. The van der Waals surface area contributed by atoms with Crippen LogP contribution >= 0.6 is 0 Å². The van der Waals surface area contributed by atoms with Gasteiger partial charge in [0.1, 0.15) is 5.82 Å². The lowest BCUT2D eigenvalue weighted by Crippen LogP contribution is -2.18. The van der Waals surface area contributed by atoms with Gasteiger partial charge in [-0.1, -0.05) is 18.2 Å². The number of nitrogens with zero attached hydrogens (tertiary/aromatic N) is 3. The first-order valence-corrected chi connectivity index (χ1v) is 10.0. The molecule has 0 atom stereocenters. The van der Waals surface area contributed by atoms with E-state index in [-0.39, 0.29) is 5.91 Å². The van der Waals surface area contributed by atoms with Crippen molar-refractivity contribution in [2.75, 3.05) is 0 Å². The summed E-state index contributed by atoms with van der Waals surface area (Å²) in [4.78, 5) is 20.7. The minimum absolute atomic E-state index is 0.280. The molecule has 4 rings (SSSR count). The summed E-state index contributed by atoms with van der Waals surface area (Å²) in [5.74, 6) is 0.591. The summed E-state index contributed by atoms with van der Waals surface area (Å²) in [6.07, 6.45) is 7.10. The number of hydrogen-bond donors (Lipinski definition) is 2. The van der Waals surface area contributed by atoms with E-state index in [1.54, 1.807) is 0 Å². The van der Waals surface area contributed by atoms with Gasteiger partial charge in [-0.2, -0.15) is 0 Å². The molecular weight excluding hydrogens is 350 g/mol. The zero-order valence-electron chi connectivity index (χ0n) is 16.4. The number of hydrogen-bond acceptors (Lipinski definition) is 4. The van der Waals surface area contributed by atoms with E-state index in [4.69, 9.17) is 15.7 Å². The maximum absolute atomic E-state index is 11.2. The van der Waals surface area contributed by atoms with E-state index >= 15 is 0 Å². The van der Waals surface area contributed by atoms with Crippen LogP contribution in [0.3, 0.4) is 0 Å². The number of nitrogens with one attached hydrogen (secondary N) is 1. The first-order chi connectivity index (χ1) is 13.6. The van der Waals surface area contributed by atoms with Crippen LogP contribution in [0.4, 0.5) is 0 Å². The summed E-state index contributed by atoms with van der Waals surface area (Å²) in [7, 11) is 0. The number of para-hydroxylation sites is 1. The van der Waals surface area contributed by atoms with Crippen LogP contribution in [0.5, 0.6) is 0 Å². The van der Waals surface area contributed by atoms with Gasteiger partial charge in [-0.15, -0.1) is 0 Å². The van der Waals surface area contributed by atoms with Crippen LogP contribution in [-0.4, -0.2) is 20.4 Å². The number of amides is 1. The molecular formula is C22H27N5O. The molecule has 6 nitrogen and oxygen atoms in total. The Bertz CT molecular complexity index is 1010. The third-order valence-corrected chi connectivity index (χ3v) is 5.50. The van der Waals surface area contributed by atoms with Gasteiger partial charge in [0.05, 0.1) is 6.54 Å². The van der Waals surface area contributed by atoms with Crippen molar-refractivity contribution in [3.63, 3.8) is 0 Å². The molecule has 0 aliphatic heterocycles. The highest BCUT2D eigenvalue weighted by molar-refractivity contribution is 5.84. The molecule has 0 saturated carbocycles. The topological polar surface area (TPSA) is 85.8 Å².